The van der Waals surface area contributed by atoms with Crippen molar-refractivity contribution in [2.24, 2.45) is 0 Å². The highest BCUT2D eigenvalue weighted by molar-refractivity contribution is 5.92. The molecule has 0 saturated carbocycles. The van der Waals surface area contributed by atoms with Gasteiger partial charge in [-0.1, -0.05) is 29.8 Å². The first-order chi connectivity index (χ1) is 11.7. The van der Waals surface area contributed by atoms with E-state index in [0.717, 1.165) is 12.3 Å². The van der Waals surface area contributed by atoms with Crippen LogP contribution in [0.15, 0.2) is 48.5 Å². The van der Waals surface area contributed by atoms with Crippen LogP contribution in [0.3, 0.4) is 0 Å². The third kappa shape index (κ3) is 4.57. The Morgan fingerprint density at radius 1 is 1.25 bits per heavy atom. The molecule has 3 rings (SSSR count). The molecular weight excluding hydrogens is 304 g/mol. The average molecular weight is 326 g/mol. The Labute approximate surface area is 142 Å². The van der Waals surface area contributed by atoms with Gasteiger partial charge in [-0.05, 0) is 31.2 Å². The number of carbonyl (C=O) groups excluding carboxylic acids is 1. The van der Waals surface area contributed by atoms with Gasteiger partial charge in [0.25, 0.3) is 0 Å². The van der Waals surface area contributed by atoms with E-state index < -0.39 is 0 Å². The highest BCUT2D eigenvalue weighted by atomic mass is 16.5. The molecule has 5 nitrogen and oxygen atoms in total. The largest absolute Gasteiger partial charge is 0.455 e. The monoisotopic (exact) mass is 326 g/mol. The average Bonchev–Trinajstić information content (AvgIpc) is 2.59. The number of amides is 1. The second-order valence-corrected chi connectivity index (χ2v) is 5.86. The van der Waals surface area contributed by atoms with Crippen LogP contribution in [-0.2, 0) is 9.53 Å². The number of carbonyl (C=O) groups is 1. The first kappa shape index (κ1) is 16.5. The highest BCUT2D eigenvalue weighted by Crippen LogP contribution is 2.29. The van der Waals surface area contributed by atoms with Gasteiger partial charge in [-0.25, -0.2) is 0 Å². The summed E-state index contributed by atoms with van der Waals surface area (Å²) in [4.78, 5) is 12.3. The first-order valence-electron chi connectivity index (χ1n) is 8.16. The van der Waals surface area contributed by atoms with Crippen molar-refractivity contribution in [1.29, 1.82) is 0 Å². The van der Waals surface area contributed by atoms with Crippen LogP contribution in [0.5, 0.6) is 11.5 Å². The molecule has 0 radical (unpaired) electrons. The molecule has 1 aliphatic rings. The predicted molar refractivity (Wildman–Crippen MR) is 93.6 cm³/mol. The van der Waals surface area contributed by atoms with E-state index in [2.05, 4.69) is 10.6 Å². The molecule has 1 fully saturated rings. The zero-order valence-electron chi connectivity index (χ0n) is 13.7. The maximum atomic E-state index is 12.3. The van der Waals surface area contributed by atoms with Crippen LogP contribution >= 0.6 is 0 Å². The molecule has 0 aliphatic carbocycles. The standard InChI is InChI=1S/C19H22N2O3/c1-14-6-8-15(9-7-14)24-18-5-3-2-4-17(18)21-19(22)12-16-13-20-10-11-23-16/h2-9,16,20H,10-13H2,1H3,(H,21,22)/t16-/m1/s1. The van der Waals surface area contributed by atoms with Crippen LogP contribution in [-0.4, -0.2) is 31.7 Å². The molecule has 5 heteroatoms. The molecule has 0 bridgehead atoms. The topological polar surface area (TPSA) is 59.6 Å². The van der Waals surface area contributed by atoms with Crippen LogP contribution in [0.1, 0.15) is 12.0 Å². The zero-order chi connectivity index (χ0) is 16.8. The smallest absolute Gasteiger partial charge is 0.227 e. The summed E-state index contributed by atoms with van der Waals surface area (Å²) in [7, 11) is 0. The third-order valence-corrected chi connectivity index (χ3v) is 3.83. The van der Waals surface area contributed by atoms with E-state index in [4.69, 9.17) is 9.47 Å². The number of ether oxygens (including phenoxy) is 2. The van der Waals surface area contributed by atoms with Crippen molar-refractivity contribution in [2.75, 3.05) is 25.0 Å². The Kier molecular flexibility index (Phi) is 5.46. The van der Waals surface area contributed by atoms with Crippen LogP contribution in [0, 0.1) is 6.92 Å². The molecule has 2 aromatic carbocycles. The van der Waals surface area contributed by atoms with Gasteiger partial charge < -0.3 is 20.1 Å². The molecule has 1 heterocycles. The van der Waals surface area contributed by atoms with Gasteiger partial charge in [-0.15, -0.1) is 0 Å². The minimum absolute atomic E-state index is 0.0797. The maximum Gasteiger partial charge on any atom is 0.227 e. The number of hydrogen-bond donors (Lipinski definition) is 2. The van der Waals surface area contributed by atoms with E-state index in [1.54, 1.807) is 0 Å². The zero-order valence-corrected chi connectivity index (χ0v) is 13.7. The van der Waals surface area contributed by atoms with Crippen molar-refractivity contribution in [3.8, 4) is 11.5 Å². The summed E-state index contributed by atoms with van der Waals surface area (Å²) >= 11 is 0. The van der Waals surface area contributed by atoms with Crippen molar-refractivity contribution in [3.05, 3.63) is 54.1 Å². The summed E-state index contributed by atoms with van der Waals surface area (Å²) in [5, 5.41) is 6.14. The molecule has 24 heavy (non-hydrogen) atoms. The van der Waals surface area contributed by atoms with Crippen molar-refractivity contribution in [3.63, 3.8) is 0 Å². The lowest BCUT2D eigenvalue weighted by Crippen LogP contribution is -2.40. The van der Waals surface area contributed by atoms with E-state index in [9.17, 15) is 4.79 Å². The van der Waals surface area contributed by atoms with Crippen molar-refractivity contribution >= 4 is 11.6 Å². The van der Waals surface area contributed by atoms with Gasteiger partial charge in [0.1, 0.15) is 5.75 Å². The molecule has 2 N–H and O–H groups in total. The molecular formula is C19H22N2O3. The van der Waals surface area contributed by atoms with Gasteiger partial charge in [0.05, 0.1) is 24.8 Å². The Bertz CT molecular complexity index is 679. The molecule has 0 aromatic heterocycles. The quantitative estimate of drug-likeness (QED) is 0.886. The summed E-state index contributed by atoms with van der Waals surface area (Å²) in [6.07, 6.45) is 0.246. The normalized spacial score (nSPS) is 17.3. The van der Waals surface area contributed by atoms with Gasteiger partial charge in [0.2, 0.25) is 5.91 Å². The van der Waals surface area contributed by atoms with Crippen LogP contribution in [0.4, 0.5) is 5.69 Å². The fraction of sp³-hybridized carbons (Fsp3) is 0.316. The van der Waals surface area contributed by atoms with E-state index in [1.807, 2.05) is 55.5 Å². The fourth-order valence-corrected chi connectivity index (χ4v) is 2.55. The Hall–Kier alpha value is -2.37. The second-order valence-electron chi connectivity index (χ2n) is 5.86. The van der Waals surface area contributed by atoms with E-state index in [1.165, 1.54) is 5.56 Å². The van der Waals surface area contributed by atoms with Crippen LogP contribution in [0.2, 0.25) is 0 Å². The van der Waals surface area contributed by atoms with Crippen molar-refractivity contribution in [1.82, 2.24) is 5.32 Å². The minimum atomic E-state index is -0.0799. The molecule has 0 unspecified atom stereocenters. The van der Waals surface area contributed by atoms with Crippen LogP contribution < -0.4 is 15.4 Å². The summed E-state index contributed by atoms with van der Waals surface area (Å²) < 4.78 is 11.5. The Morgan fingerprint density at radius 3 is 2.79 bits per heavy atom. The highest BCUT2D eigenvalue weighted by Gasteiger charge is 2.18. The predicted octanol–water partition coefficient (Wildman–Crippen LogP) is 3.10. The molecule has 1 aliphatic heterocycles. The lowest BCUT2D eigenvalue weighted by molar-refractivity contribution is -0.119. The van der Waals surface area contributed by atoms with E-state index in [0.29, 0.717) is 31.0 Å². The van der Waals surface area contributed by atoms with Crippen molar-refractivity contribution < 1.29 is 14.3 Å². The Balaban J connectivity index is 1.64. The van der Waals surface area contributed by atoms with Gasteiger partial charge in [-0.2, -0.15) is 0 Å². The third-order valence-electron chi connectivity index (χ3n) is 3.83. The van der Waals surface area contributed by atoms with E-state index in [-0.39, 0.29) is 12.0 Å². The number of anilines is 1. The second kappa shape index (κ2) is 7.95. The number of morpholine rings is 1. The number of rotatable bonds is 5. The number of benzene rings is 2. The molecule has 1 amide bonds. The maximum absolute atomic E-state index is 12.3. The molecule has 2 aromatic rings. The Morgan fingerprint density at radius 2 is 2.04 bits per heavy atom. The van der Waals surface area contributed by atoms with Gasteiger partial charge in [-0.3, -0.25) is 4.79 Å². The summed E-state index contributed by atoms with van der Waals surface area (Å²) in [6, 6.07) is 15.2. The van der Waals surface area contributed by atoms with Gasteiger partial charge >= 0.3 is 0 Å². The van der Waals surface area contributed by atoms with Gasteiger partial charge in [0, 0.05) is 13.1 Å². The van der Waals surface area contributed by atoms with E-state index >= 15 is 0 Å². The summed E-state index contributed by atoms with van der Waals surface area (Å²) in [5.41, 5.74) is 1.83. The molecule has 126 valence electrons. The molecule has 0 spiro atoms. The fourth-order valence-electron chi connectivity index (χ4n) is 2.55. The van der Waals surface area contributed by atoms with Crippen LogP contribution in [0.25, 0.3) is 0 Å². The number of hydrogen-bond acceptors (Lipinski definition) is 4. The lowest BCUT2D eigenvalue weighted by Gasteiger charge is -2.23. The lowest BCUT2D eigenvalue weighted by atomic mass is 10.2. The molecule has 1 atom stereocenters. The summed E-state index contributed by atoms with van der Waals surface area (Å²) in [5.74, 6) is 1.28. The number of nitrogens with one attached hydrogen (secondary N) is 2. The molecule has 1 saturated heterocycles. The minimum Gasteiger partial charge on any atom is -0.455 e. The van der Waals surface area contributed by atoms with Crippen molar-refractivity contribution in [2.45, 2.75) is 19.4 Å². The SMILES string of the molecule is Cc1ccc(Oc2ccccc2NC(=O)C[C@@H]2CNCCO2)cc1. The van der Waals surface area contributed by atoms with Gasteiger partial charge in [0.15, 0.2) is 5.75 Å². The summed E-state index contributed by atoms with van der Waals surface area (Å²) in [6.45, 7) is 4.21. The number of aryl methyl sites for hydroxylation is 1. The number of para-hydroxylation sites is 2. The first-order valence-corrected chi connectivity index (χ1v) is 8.16.